The highest BCUT2D eigenvalue weighted by Gasteiger charge is 2.35. The summed E-state index contributed by atoms with van der Waals surface area (Å²) >= 11 is 0. The van der Waals surface area contributed by atoms with Crippen molar-refractivity contribution in [3.63, 3.8) is 0 Å². The van der Waals surface area contributed by atoms with Crippen LogP contribution in [0.4, 0.5) is 0 Å². The first-order valence-corrected chi connectivity index (χ1v) is 7.28. The molecule has 0 saturated heterocycles. The Kier molecular flexibility index (Phi) is 3.49. The molecular formula is C16H27N3O. The molecule has 1 aromatic rings. The van der Waals surface area contributed by atoms with E-state index < -0.39 is 5.41 Å². The van der Waals surface area contributed by atoms with Gasteiger partial charge in [0.2, 0.25) is 5.91 Å². The highest BCUT2D eigenvalue weighted by molar-refractivity contribution is 5.79. The molecule has 2 rings (SSSR count). The molecule has 1 heterocycles. The molecule has 0 fully saturated rings. The van der Waals surface area contributed by atoms with Gasteiger partial charge in [-0.25, -0.2) is 0 Å². The highest BCUT2D eigenvalue weighted by atomic mass is 16.1. The Balaban J connectivity index is 2.44. The van der Waals surface area contributed by atoms with Crippen LogP contribution in [0.1, 0.15) is 57.1 Å². The molecule has 1 aliphatic rings. The molecular weight excluding hydrogens is 250 g/mol. The minimum Gasteiger partial charge on any atom is -0.369 e. The van der Waals surface area contributed by atoms with E-state index in [1.165, 1.54) is 11.3 Å². The van der Waals surface area contributed by atoms with Gasteiger partial charge in [-0.2, -0.15) is 0 Å². The number of aromatic nitrogens is 1. The summed E-state index contributed by atoms with van der Waals surface area (Å²) in [4.78, 5) is 11.6. The number of fused-ring (bicyclic) bond motifs is 1. The molecule has 112 valence electrons. The van der Waals surface area contributed by atoms with Gasteiger partial charge in [-0.1, -0.05) is 13.8 Å². The van der Waals surface area contributed by atoms with Crippen molar-refractivity contribution in [2.75, 3.05) is 0 Å². The zero-order valence-corrected chi connectivity index (χ0v) is 13.3. The summed E-state index contributed by atoms with van der Waals surface area (Å²) in [7, 11) is 0. The van der Waals surface area contributed by atoms with Crippen molar-refractivity contribution in [1.82, 2.24) is 4.57 Å². The normalized spacial score (nSPS) is 21.6. The van der Waals surface area contributed by atoms with E-state index in [4.69, 9.17) is 11.5 Å². The fourth-order valence-corrected chi connectivity index (χ4v) is 3.20. The maximum atomic E-state index is 11.6. The number of hydrogen-bond donors (Lipinski definition) is 2. The number of amides is 1. The van der Waals surface area contributed by atoms with Gasteiger partial charge in [-0.05, 0) is 50.7 Å². The summed E-state index contributed by atoms with van der Waals surface area (Å²) in [5.74, 6) is -0.265. The van der Waals surface area contributed by atoms with Gasteiger partial charge < -0.3 is 16.0 Å². The van der Waals surface area contributed by atoms with E-state index in [1.807, 2.05) is 13.8 Å². The number of nitrogens with zero attached hydrogens (tertiary/aromatic N) is 1. The van der Waals surface area contributed by atoms with Crippen molar-refractivity contribution < 1.29 is 4.79 Å². The number of carbonyl (C=O) groups is 1. The summed E-state index contributed by atoms with van der Waals surface area (Å²) in [6.07, 6.45) is 2.00. The smallest absolute Gasteiger partial charge is 0.224 e. The van der Waals surface area contributed by atoms with E-state index in [0.717, 1.165) is 18.5 Å². The van der Waals surface area contributed by atoms with Gasteiger partial charge in [-0.3, -0.25) is 4.79 Å². The molecule has 1 aliphatic carbocycles. The summed E-state index contributed by atoms with van der Waals surface area (Å²) in [5.41, 5.74) is 15.2. The summed E-state index contributed by atoms with van der Waals surface area (Å²) in [6.45, 7) is 11.0. The SMILES string of the molecule is Cc1cc2c(n1CC(C)(C)C(N)=O)CC(C)(C)CC2N. The minimum absolute atomic E-state index is 0.0883. The van der Waals surface area contributed by atoms with Crippen LogP contribution < -0.4 is 11.5 Å². The fourth-order valence-electron chi connectivity index (χ4n) is 3.20. The van der Waals surface area contributed by atoms with E-state index in [2.05, 4.69) is 31.4 Å². The van der Waals surface area contributed by atoms with Crippen LogP contribution in [-0.4, -0.2) is 10.5 Å². The summed E-state index contributed by atoms with van der Waals surface area (Å²) in [6, 6.07) is 2.26. The number of primary amides is 1. The van der Waals surface area contributed by atoms with Crippen molar-refractivity contribution in [3.05, 3.63) is 23.0 Å². The van der Waals surface area contributed by atoms with Gasteiger partial charge in [0.05, 0.1) is 5.41 Å². The standard InChI is InChI=1S/C16H27N3O/c1-10-6-11-12(17)7-15(2,3)8-13(11)19(10)9-16(4,5)14(18)20/h6,12H,7-9,17H2,1-5H3,(H2,18,20). The molecule has 1 amide bonds. The molecule has 4 N–H and O–H groups in total. The third-order valence-electron chi connectivity index (χ3n) is 4.49. The Labute approximate surface area is 121 Å². The Morgan fingerprint density at radius 1 is 1.50 bits per heavy atom. The van der Waals surface area contributed by atoms with Gasteiger partial charge >= 0.3 is 0 Å². The van der Waals surface area contributed by atoms with Gasteiger partial charge in [-0.15, -0.1) is 0 Å². The van der Waals surface area contributed by atoms with Crippen LogP contribution >= 0.6 is 0 Å². The van der Waals surface area contributed by atoms with Gasteiger partial charge in [0.15, 0.2) is 0 Å². The maximum absolute atomic E-state index is 11.6. The Bertz CT molecular complexity index is 540. The van der Waals surface area contributed by atoms with Crippen LogP contribution in [0, 0.1) is 17.8 Å². The quantitative estimate of drug-likeness (QED) is 0.889. The van der Waals surface area contributed by atoms with E-state index in [-0.39, 0.29) is 17.4 Å². The summed E-state index contributed by atoms with van der Waals surface area (Å²) < 4.78 is 2.24. The Morgan fingerprint density at radius 3 is 2.65 bits per heavy atom. The van der Waals surface area contributed by atoms with E-state index in [1.54, 1.807) is 0 Å². The lowest BCUT2D eigenvalue weighted by Gasteiger charge is -2.35. The van der Waals surface area contributed by atoms with Crippen LogP contribution in [0.25, 0.3) is 0 Å². The zero-order chi connectivity index (χ0) is 15.3. The second-order valence-corrected chi connectivity index (χ2v) is 7.67. The number of carbonyl (C=O) groups excluding carboxylic acids is 1. The lowest BCUT2D eigenvalue weighted by molar-refractivity contribution is -0.126. The lowest BCUT2D eigenvalue weighted by Crippen LogP contribution is -2.37. The predicted molar refractivity (Wildman–Crippen MR) is 81.2 cm³/mol. The van der Waals surface area contributed by atoms with Crippen LogP contribution in [0.5, 0.6) is 0 Å². The molecule has 0 radical (unpaired) electrons. The van der Waals surface area contributed by atoms with Crippen molar-refractivity contribution in [3.8, 4) is 0 Å². The fraction of sp³-hybridized carbons (Fsp3) is 0.688. The van der Waals surface area contributed by atoms with E-state index in [9.17, 15) is 4.79 Å². The van der Waals surface area contributed by atoms with E-state index >= 15 is 0 Å². The largest absolute Gasteiger partial charge is 0.369 e. The average molecular weight is 277 g/mol. The first kappa shape index (κ1) is 15.1. The highest BCUT2D eigenvalue weighted by Crippen LogP contribution is 2.41. The van der Waals surface area contributed by atoms with Crippen LogP contribution in [-0.2, 0) is 17.8 Å². The zero-order valence-electron chi connectivity index (χ0n) is 13.3. The number of nitrogens with two attached hydrogens (primary N) is 2. The molecule has 4 heteroatoms. The molecule has 0 spiro atoms. The second kappa shape index (κ2) is 4.62. The lowest BCUT2D eigenvalue weighted by atomic mass is 9.74. The first-order valence-electron chi connectivity index (χ1n) is 7.28. The Morgan fingerprint density at radius 2 is 2.10 bits per heavy atom. The number of hydrogen-bond acceptors (Lipinski definition) is 2. The monoisotopic (exact) mass is 277 g/mol. The van der Waals surface area contributed by atoms with Gasteiger partial charge in [0.25, 0.3) is 0 Å². The average Bonchev–Trinajstić information content (AvgIpc) is 2.55. The molecule has 4 nitrogen and oxygen atoms in total. The first-order chi connectivity index (χ1) is 9.03. The minimum atomic E-state index is -0.552. The molecule has 1 atom stereocenters. The number of aryl methyl sites for hydroxylation is 1. The van der Waals surface area contributed by atoms with Gasteiger partial charge in [0.1, 0.15) is 0 Å². The van der Waals surface area contributed by atoms with E-state index in [0.29, 0.717) is 6.54 Å². The van der Waals surface area contributed by atoms with Crippen LogP contribution in [0.3, 0.4) is 0 Å². The molecule has 1 aromatic heterocycles. The third kappa shape index (κ3) is 2.62. The van der Waals surface area contributed by atoms with Crippen molar-refractivity contribution >= 4 is 5.91 Å². The van der Waals surface area contributed by atoms with Crippen molar-refractivity contribution in [1.29, 1.82) is 0 Å². The Hall–Kier alpha value is -1.29. The second-order valence-electron chi connectivity index (χ2n) is 7.67. The topological polar surface area (TPSA) is 74.0 Å². The van der Waals surface area contributed by atoms with Crippen LogP contribution in [0.15, 0.2) is 6.07 Å². The molecule has 0 aliphatic heterocycles. The van der Waals surface area contributed by atoms with Crippen molar-refractivity contribution in [2.24, 2.45) is 22.3 Å². The van der Waals surface area contributed by atoms with Crippen molar-refractivity contribution in [2.45, 2.75) is 60.0 Å². The summed E-state index contributed by atoms with van der Waals surface area (Å²) in [5, 5.41) is 0. The van der Waals surface area contributed by atoms with Gasteiger partial charge in [0, 0.05) is 24.0 Å². The molecule has 0 aromatic carbocycles. The molecule has 0 saturated carbocycles. The predicted octanol–water partition coefficient (Wildman–Crippen LogP) is 2.28. The molecule has 20 heavy (non-hydrogen) atoms. The maximum Gasteiger partial charge on any atom is 0.224 e. The molecule has 1 unspecified atom stereocenters. The number of rotatable bonds is 3. The van der Waals surface area contributed by atoms with Crippen LogP contribution in [0.2, 0.25) is 0 Å². The third-order valence-corrected chi connectivity index (χ3v) is 4.49. The molecule has 0 bridgehead atoms.